The van der Waals surface area contributed by atoms with Crippen LogP contribution >= 0.6 is 0 Å². The molecule has 0 heterocycles. The Morgan fingerprint density at radius 1 is 1.19 bits per heavy atom. The molecule has 0 aliphatic heterocycles. The van der Waals surface area contributed by atoms with E-state index in [4.69, 9.17) is 0 Å². The Kier molecular flexibility index (Phi) is 7.19. The van der Waals surface area contributed by atoms with Crippen molar-refractivity contribution in [1.82, 2.24) is 5.32 Å². The van der Waals surface area contributed by atoms with Crippen LogP contribution in [0.4, 0.5) is 30.2 Å². The summed E-state index contributed by atoms with van der Waals surface area (Å²) in [5.74, 6) is -1.78. The van der Waals surface area contributed by atoms with Crippen molar-refractivity contribution in [3.8, 4) is 0 Å². The molecule has 2 fully saturated rings. The van der Waals surface area contributed by atoms with Gasteiger partial charge in [-0.1, -0.05) is 0 Å². The Morgan fingerprint density at radius 3 is 2.28 bits per heavy atom. The molecule has 1 atom stereocenters. The number of anilines is 2. The standard InChI is InChI=1S/C22H31F3N4O3/c1-13(14-7-9-15(10-8-14)22(23,24)25)27-21(30)17-11-20(29(31)32)18(26-2)12-19(17)28(3)16-5-4-6-16/h11-16,26H,4-10H2,1-3H3,(H,27,30)/t13-,14?,15?/m1/s1. The van der Waals surface area contributed by atoms with Gasteiger partial charge in [0, 0.05) is 32.2 Å². The zero-order valence-corrected chi connectivity index (χ0v) is 18.7. The maximum atomic E-state index is 13.2. The van der Waals surface area contributed by atoms with Crippen LogP contribution in [-0.2, 0) is 0 Å². The lowest BCUT2D eigenvalue weighted by Gasteiger charge is -2.37. The van der Waals surface area contributed by atoms with E-state index < -0.39 is 22.9 Å². The van der Waals surface area contributed by atoms with Crippen molar-refractivity contribution in [2.75, 3.05) is 24.3 Å². The van der Waals surface area contributed by atoms with E-state index in [2.05, 4.69) is 10.6 Å². The van der Waals surface area contributed by atoms with E-state index in [9.17, 15) is 28.1 Å². The third-order valence-electron chi connectivity index (χ3n) is 7.13. The summed E-state index contributed by atoms with van der Waals surface area (Å²) in [4.78, 5) is 26.2. The maximum absolute atomic E-state index is 13.2. The smallest absolute Gasteiger partial charge is 0.383 e. The van der Waals surface area contributed by atoms with E-state index in [-0.39, 0.29) is 42.1 Å². The highest BCUT2D eigenvalue weighted by Gasteiger charge is 2.42. The average molecular weight is 457 g/mol. The van der Waals surface area contributed by atoms with Crippen molar-refractivity contribution in [2.24, 2.45) is 11.8 Å². The van der Waals surface area contributed by atoms with Crippen molar-refractivity contribution in [1.29, 1.82) is 0 Å². The number of nitro groups is 1. The van der Waals surface area contributed by atoms with E-state index >= 15 is 0 Å². The van der Waals surface area contributed by atoms with Crippen molar-refractivity contribution < 1.29 is 22.9 Å². The highest BCUT2D eigenvalue weighted by molar-refractivity contribution is 6.02. The summed E-state index contributed by atoms with van der Waals surface area (Å²) in [6.07, 6.45) is -0.200. The first-order valence-electron chi connectivity index (χ1n) is 11.1. The fourth-order valence-corrected chi connectivity index (χ4v) is 4.72. The summed E-state index contributed by atoms with van der Waals surface area (Å²) in [7, 11) is 3.47. The second-order valence-electron chi connectivity index (χ2n) is 9.00. The quantitative estimate of drug-likeness (QED) is 0.440. The van der Waals surface area contributed by atoms with Crippen LogP contribution in [0, 0.1) is 22.0 Å². The Bertz CT molecular complexity index is 850. The fourth-order valence-electron chi connectivity index (χ4n) is 4.72. The summed E-state index contributed by atoms with van der Waals surface area (Å²) in [5.41, 5.74) is 0.948. The molecule has 1 aromatic carbocycles. The number of halogens is 3. The number of hydrogen-bond acceptors (Lipinski definition) is 5. The number of amides is 1. The molecule has 32 heavy (non-hydrogen) atoms. The second-order valence-corrected chi connectivity index (χ2v) is 9.00. The molecule has 0 saturated heterocycles. The van der Waals surface area contributed by atoms with Crippen LogP contribution in [0.15, 0.2) is 12.1 Å². The van der Waals surface area contributed by atoms with Gasteiger partial charge in [0.15, 0.2) is 0 Å². The number of carbonyl (C=O) groups is 1. The van der Waals surface area contributed by atoms with Crippen LogP contribution in [-0.4, -0.2) is 43.2 Å². The van der Waals surface area contributed by atoms with Gasteiger partial charge in [-0.3, -0.25) is 14.9 Å². The first-order valence-corrected chi connectivity index (χ1v) is 11.1. The maximum Gasteiger partial charge on any atom is 0.391 e. The molecular weight excluding hydrogens is 425 g/mol. The molecular formula is C22H31F3N4O3. The van der Waals surface area contributed by atoms with Crippen LogP contribution in [0.2, 0.25) is 0 Å². The molecule has 2 aliphatic rings. The monoisotopic (exact) mass is 456 g/mol. The molecule has 0 spiro atoms. The highest BCUT2D eigenvalue weighted by atomic mass is 19.4. The molecule has 0 radical (unpaired) electrons. The zero-order chi connectivity index (χ0) is 23.6. The molecule has 1 amide bonds. The Hall–Kier alpha value is -2.52. The van der Waals surface area contributed by atoms with Gasteiger partial charge in [0.25, 0.3) is 11.6 Å². The number of hydrogen-bond donors (Lipinski definition) is 2. The Balaban J connectivity index is 1.80. The van der Waals surface area contributed by atoms with Crippen molar-refractivity contribution >= 4 is 23.0 Å². The number of nitrogens with zero attached hydrogens (tertiary/aromatic N) is 2. The normalized spacial score (nSPS) is 22.6. The molecule has 2 aliphatic carbocycles. The van der Waals surface area contributed by atoms with Gasteiger partial charge in [-0.2, -0.15) is 13.2 Å². The van der Waals surface area contributed by atoms with Crippen LogP contribution in [0.3, 0.4) is 0 Å². The van der Waals surface area contributed by atoms with E-state index in [1.807, 2.05) is 11.9 Å². The summed E-state index contributed by atoms with van der Waals surface area (Å²) < 4.78 is 38.9. The lowest BCUT2D eigenvalue weighted by molar-refractivity contribution is -0.384. The lowest BCUT2D eigenvalue weighted by atomic mass is 9.78. The van der Waals surface area contributed by atoms with E-state index in [1.54, 1.807) is 20.0 Å². The molecule has 10 heteroatoms. The number of benzene rings is 1. The van der Waals surface area contributed by atoms with Crippen molar-refractivity contribution in [2.45, 2.75) is 70.1 Å². The highest BCUT2D eigenvalue weighted by Crippen LogP contribution is 2.41. The Morgan fingerprint density at radius 2 is 1.81 bits per heavy atom. The molecule has 7 nitrogen and oxygen atoms in total. The SMILES string of the molecule is CNc1cc(N(C)C2CCC2)c(C(=O)N[C@H](C)C2CCC(C(F)(F)F)CC2)cc1[N+](=O)[O-]. The summed E-state index contributed by atoms with van der Waals surface area (Å²) in [6, 6.07) is 2.85. The predicted octanol–water partition coefficient (Wildman–Crippen LogP) is 5.11. The van der Waals surface area contributed by atoms with Gasteiger partial charge in [-0.25, -0.2) is 0 Å². The molecule has 0 unspecified atom stereocenters. The van der Waals surface area contributed by atoms with Gasteiger partial charge in [-0.15, -0.1) is 0 Å². The molecule has 0 bridgehead atoms. The number of rotatable bonds is 7. The van der Waals surface area contributed by atoms with Crippen molar-refractivity contribution in [3.05, 3.63) is 27.8 Å². The zero-order valence-electron chi connectivity index (χ0n) is 18.7. The first-order chi connectivity index (χ1) is 15.0. The molecule has 2 N–H and O–H groups in total. The number of alkyl halides is 3. The van der Waals surface area contributed by atoms with Crippen LogP contribution in [0.25, 0.3) is 0 Å². The molecule has 1 aromatic rings. The molecule has 3 rings (SSSR count). The van der Waals surface area contributed by atoms with Gasteiger partial charge >= 0.3 is 6.18 Å². The van der Waals surface area contributed by atoms with Gasteiger partial charge in [-0.05, 0) is 63.9 Å². The van der Waals surface area contributed by atoms with E-state index in [0.717, 1.165) is 19.3 Å². The minimum atomic E-state index is -4.17. The largest absolute Gasteiger partial charge is 0.391 e. The van der Waals surface area contributed by atoms with E-state index in [0.29, 0.717) is 24.2 Å². The fraction of sp³-hybridized carbons (Fsp3) is 0.682. The summed E-state index contributed by atoms with van der Waals surface area (Å²) in [6.45, 7) is 1.79. The minimum absolute atomic E-state index is 0.0584. The lowest BCUT2D eigenvalue weighted by Crippen LogP contribution is -2.42. The van der Waals surface area contributed by atoms with Crippen LogP contribution < -0.4 is 15.5 Å². The summed E-state index contributed by atoms with van der Waals surface area (Å²) >= 11 is 0. The van der Waals surface area contributed by atoms with E-state index in [1.165, 1.54) is 6.07 Å². The first kappa shape index (κ1) is 24.1. The number of carbonyl (C=O) groups excluding carboxylic acids is 1. The third kappa shape index (κ3) is 5.10. The van der Waals surface area contributed by atoms with Crippen LogP contribution in [0.5, 0.6) is 0 Å². The second kappa shape index (κ2) is 9.54. The predicted molar refractivity (Wildman–Crippen MR) is 117 cm³/mol. The van der Waals surface area contributed by atoms with Gasteiger partial charge in [0.05, 0.1) is 22.1 Å². The van der Waals surface area contributed by atoms with Gasteiger partial charge in [0.2, 0.25) is 0 Å². The average Bonchev–Trinajstić information content (AvgIpc) is 2.70. The number of nitro benzene ring substituents is 1. The van der Waals surface area contributed by atoms with Crippen LogP contribution in [0.1, 0.15) is 62.2 Å². The third-order valence-corrected chi connectivity index (χ3v) is 7.13. The van der Waals surface area contributed by atoms with Gasteiger partial charge in [0.1, 0.15) is 5.69 Å². The molecule has 178 valence electrons. The summed E-state index contributed by atoms with van der Waals surface area (Å²) in [5, 5.41) is 17.3. The molecule has 2 saturated carbocycles. The Labute approximate surface area is 185 Å². The topological polar surface area (TPSA) is 87.5 Å². The van der Waals surface area contributed by atoms with Crippen molar-refractivity contribution in [3.63, 3.8) is 0 Å². The minimum Gasteiger partial charge on any atom is -0.383 e. The molecule has 0 aromatic heterocycles. The van der Waals surface area contributed by atoms with Gasteiger partial charge < -0.3 is 15.5 Å². The number of nitrogens with one attached hydrogen (secondary N) is 2.